The quantitative estimate of drug-likeness (QED) is 0.382. The number of rotatable bonds is 11. The lowest BCUT2D eigenvalue weighted by Crippen LogP contribution is -2.38. The summed E-state index contributed by atoms with van der Waals surface area (Å²) in [6.07, 6.45) is 1.34. The van der Waals surface area contributed by atoms with Crippen LogP contribution >= 0.6 is 0 Å². The summed E-state index contributed by atoms with van der Waals surface area (Å²) in [6.45, 7) is 4.65. The zero-order valence-corrected chi connectivity index (χ0v) is 20.1. The summed E-state index contributed by atoms with van der Waals surface area (Å²) in [5, 5.41) is 10.7. The minimum atomic E-state index is -0.695. The van der Waals surface area contributed by atoms with E-state index in [1.165, 1.54) is 6.07 Å². The van der Waals surface area contributed by atoms with Crippen molar-refractivity contribution >= 4 is 11.8 Å². The van der Waals surface area contributed by atoms with E-state index >= 15 is 0 Å². The molecule has 2 atom stereocenters. The maximum absolute atomic E-state index is 14.2. The van der Waals surface area contributed by atoms with E-state index in [0.717, 1.165) is 28.0 Å². The summed E-state index contributed by atoms with van der Waals surface area (Å²) in [5.41, 5.74) is 10.9. The number of nitrogens with zero attached hydrogens (tertiary/aromatic N) is 1. The second-order valence-corrected chi connectivity index (χ2v) is 9.08. The van der Waals surface area contributed by atoms with Gasteiger partial charge >= 0.3 is 0 Å². The van der Waals surface area contributed by atoms with E-state index in [4.69, 9.17) is 15.2 Å². The highest BCUT2D eigenvalue weighted by Crippen LogP contribution is 2.32. The van der Waals surface area contributed by atoms with Crippen LogP contribution in [0.2, 0.25) is 0 Å². The van der Waals surface area contributed by atoms with Crippen LogP contribution in [-0.2, 0) is 29.2 Å². The van der Waals surface area contributed by atoms with Crippen LogP contribution in [0.3, 0.4) is 0 Å². The third-order valence-electron chi connectivity index (χ3n) is 6.13. The summed E-state index contributed by atoms with van der Waals surface area (Å²) < 4.78 is 25.9. The van der Waals surface area contributed by atoms with E-state index in [1.807, 2.05) is 66.7 Å². The van der Waals surface area contributed by atoms with Crippen LogP contribution in [0.4, 0.5) is 10.1 Å². The lowest BCUT2D eigenvalue weighted by molar-refractivity contribution is 0.0104. The topological polar surface area (TPSA) is 68.0 Å². The summed E-state index contributed by atoms with van der Waals surface area (Å²) in [6, 6.07) is 23.1. The van der Waals surface area contributed by atoms with Crippen molar-refractivity contribution in [3.63, 3.8) is 0 Å². The van der Waals surface area contributed by atoms with Crippen LogP contribution in [0.15, 0.2) is 78.5 Å². The van der Waals surface area contributed by atoms with Crippen molar-refractivity contribution in [2.45, 2.75) is 32.8 Å². The maximum atomic E-state index is 14.2. The molecule has 0 fully saturated rings. The Balaban J connectivity index is 1.41. The molecule has 0 bridgehead atoms. The van der Waals surface area contributed by atoms with Gasteiger partial charge in [-0.15, -0.1) is 0 Å². The van der Waals surface area contributed by atoms with E-state index in [-0.39, 0.29) is 18.2 Å². The highest BCUT2D eigenvalue weighted by atomic mass is 19.1. The van der Waals surface area contributed by atoms with E-state index in [9.17, 15) is 9.50 Å². The molecule has 35 heavy (non-hydrogen) atoms. The highest BCUT2D eigenvalue weighted by molar-refractivity contribution is 5.64. The van der Waals surface area contributed by atoms with Gasteiger partial charge in [0.05, 0.1) is 38.2 Å². The van der Waals surface area contributed by atoms with Crippen molar-refractivity contribution in [1.29, 1.82) is 0 Å². The molecule has 0 aliphatic carbocycles. The lowest BCUT2D eigenvalue weighted by atomic mass is 9.95. The standard InChI is InChI=1S/C29H33FN2O3/c1-21(17-34-18-22-8-4-2-5-9-22)29-14-24-13-28(31)27(30)12-25(24)15-32(29)16-26(33)20-35-19-23-10-6-3-7-11-23/h2-14,21,26,33H,15-20,31H2,1H3/t21?,26-/m1/s1. The van der Waals surface area contributed by atoms with Crippen LogP contribution in [0.25, 0.3) is 6.08 Å². The average Bonchev–Trinajstić information content (AvgIpc) is 2.86. The van der Waals surface area contributed by atoms with Gasteiger partial charge in [0.2, 0.25) is 0 Å². The Labute approximate surface area is 206 Å². The molecule has 1 unspecified atom stereocenters. The Kier molecular flexibility index (Phi) is 8.53. The van der Waals surface area contributed by atoms with Crippen LogP contribution in [-0.4, -0.2) is 35.9 Å². The van der Waals surface area contributed by atoms with Crippen molar-refractivity contribution in [3.05, 3.63) is 107 Å². The number of ether oxygens (including phenoxy) is 2. The van der Waals surface area contributed by atoms with Crippen LogP contribution < -0.4 is 5.73 Å². The first kappa shape index (κ1) is 24.9. The number of benzene rings is 3. The van der Waals surface area contributed by atoms with Crippen LogP contribution in [0.1, 0.15) is 29.2 Å². The molecule has 0 saturated carbocycles. The summed E-state index contributed by atoms with van der Waals surface area (Å²) in [7, 11) is 0. The van der Waals surface area contributed by atoms with E-state index in [1.54, 1.807) is 6.07 Å². The van der Waals surface area contributed by atoms with E-state index in [0.29, 0.717) is 32.9 Å². The largest absolute Gasteiger partial charge is 0.396 e. The number of nitrogen functional groups attached to an aromatic ring is 1. The van der Waals surface area contributed by atoms with Crippen LogP contribution in [0.5, 0.6) is 0 Å². The van der Waals surface area contributed by atoms with Gasteiger partial charge in [0, 0.05) is 24.7 Å². The Morgan fingerprint density at radius 3 is 2.17 bits per heavy atom. The van der Waals surface area contributed by atoms with Crippen molar-refractivity contribution in [3.8, 4) is 0 Å². The molecule has 1 heterocycles. The zero-order valence-electron chi connectivity index (χ0n) is 20.1. The lowest BCUT2D eigenvalue weighted by Gasteiger charge is -2.36. The molecule has 0 saturated heterocycles. The van der Waals surface area contributed by atoms with Gasteiger partial charge in [0.15, 0.2) is 0 Å². The zero-order chi connectivity index (χ0) is 24.6. The molecule has 0 radical (unpaired) electrons. The molecule has 3 aromatic rings. The number of fused-ring (bicyclic) bond motifs is 1. The minimum absolute atomic E-state index is 0.0653. The van der Waals surface area contributed by atoms with Gasteiger partial charge in [-0.05, 0) is 40.5 Å². The fraction of sp³-hybridized carbons (Fsp3) is 0.310. The van der Waals surface area contributed by atoms with Gasteiger partial charge in [0.1, 0.15) is 5.82 Å². The Hall–Kier alpha value is -3.19. The number of halogens is 1. The van der Waals surface area contributed by atoms with Crippen molar-refractivity contribution < 1.29 is 19.0 Å². The summed E-state index contributed by atoms with van der Waals surface area (Å²) in [4.78, 5) is 2.09. The molecule has 1 aliphatic rings. The van der Waals surface area contributed by atoms with E-state index in [2.05, 4.69) is 11.8 Å². The van der Waals surface area contributed by atoms with Crippen LogP contribution in [0, 0.1) is 11.7 Å². The monoisotopic (exact) mass is 476 g/mol. The first-order valence-corrected chi connectivity index (χ1v) is 12.0. The fourth-order valence-electron chi connectivity index (χ4n) is 4.30. The summed E-state index contributed by atoms with van der Waals surface area (Å²) in [5.74, 6) is -0.359. The molecule has 3 N–H and O–H groups in total. The second-order valence-electron chi connectivity index (χ2n) is 9.08. The molecule has 6 heteroatoms. The SMILES string of the molecule is CC(COCc1ccccc1)C1=Cc2cc(N)c(F)cc2CN1C[C@@H](O)COCc1ccccc1. The maximum Gasteiger partial charge on any atom is 0.146 e. The number of hydrogen-bond donors (Lipinski definition) is 2. The number of β-amino-alcohol motifs (C(OH)–C–C–N with tert-alkyl or cyclic N) is 1. The molecular formula is C29H33FN2O3. The first-order valence-electron chi connectivity index (χ1n) is 12.0. The second kappa shape index (κ2) is 12.0. The Bertz CT molecular complexity index is 1120. The molecule has 0 spiro atoms. The molecule has 4 rings (SSSR count). The minimum Gasteiger partial charge on any atom is -0.396 e. The van der Waals surface area contributed by atoms with Crippen molar-refractivity contribution in [2.75, 3.05) is 25.5 Å². The molecule has 0 aromatic heterocycles. The number of anilines is 1. The van der Waals surface area contributed by atoms with Gasteiger partial charge in [0.25, 0.3) is 0 Å². The van der Waals surface area contributed by atoms with Gasteiger partial charge in [-0.2, -0.15) is 0 Å². The highest BCUT2D eigenvalue weighted by Gasteiger charge is 2.25. The molecule has 1 aliphatic heterocycles. The van der Waals surface area contributed by atoms with Gasteiger partial charge < -0.3 is 25.2 Å². The van der Waals surface area contributed by atoms with Crippen molar-refractivity contribution in [2.24, 2.45) is 5.92 Å². The summed E-state index contributed by atoms with van der Waals surface area (Å²) >= 11 is 0. The number of aliphatic hydroxyl groups excluding tert-OH is 1. The number of aliphatic hydroxyl groups is 1. The molecule has 5 nitrogen and oxygen atoms in total. The Morgan fingerprint density at radius 1 is 0.943 bits per heavy atom. The molecular weight excluding hydrogens is 443 g/mol. The third-order valence-corrected chi connectivity index (χ3v) is 6.13. The van der Waals surface area contributed by atoms with Crippen molar-refractivity contribution in [1.82, 2.24) is 4.90 Å². The fourth-order valence-corrected chi connectivity index (χ4v) is 4.30. The van der Waals surface area contributed by atoms with Gasteiger partial charge in [-0.1, -0.05) is 67.6 Å². The number of hydrogen-bond acceptors (Lipinski definition) is 5. The molecule has 184 valence electrons. The predicted octanol–water partition coefficient (Wildman–Crippen LogP) is 5.00. The first-order chi connectivity index (χ1) is 17.0. The third kappa shape index (κ3) is 6.92. The smallest absolute Gasteiger partial charge is 0.146 e. The normalized spacial score (nSPS) is 14.8. The molecule has 3 aromatic carbocycles. The Morgan fingerprint density at radius 2 is 1.54 bits per heavy atom. The molecule has 0 amide bonds. The average molecular weight is 477 g/mol. The number of nitrogens with two attached hydrogens (primary N) is 1. The predicted molar refractivity (Wildman–Crippen MR) is 137 cm³/mol. The van der Waals surface area contributed by atoms with Gasteiger partial charge in [-0.25, -0.2) is 4.39 Å². The van der Waals surface area contributed by atoms with E-state index < -0.39 is 11.9 Å². The van der Waals surface area contributed by atoms with Gasteiger partial charge in [-0.3, -0.25) is 0 Å².